The highest BCUT2D eigenvalue weighted by Crippen LogP contribution is 2.47. The molecule has 0 radical (unpaired) electrons. The van der Waals surface area contributed by atoms with Crippen molar-refractivity contribution < 1.29 is 0 Å². The third-order valence-corrected chi connectivity index (χ3v) is 5.44. The molecule has 0 atom stereocenters. The smallest absolute Gasteiger partial charge is 0.0262 e. The van der Waals surface area contributed by atoms with Crippen LogP contribution in [-0.4, -0.2) is 0 Å². The summed E-state index contributed by atoms with van der Waals surface area (Å²) >= 11 is 0. The van der Waals surface area contributed by atoms with Crippen LogP contribution >= 0.6 is 0 Å². The van der Waals surface area contributed by atoms with Crippen LogP contribution in [0.3, 0.4) is 0 Å². The first-order chi connectivity index (χ1) is 10.2. The van der Waals surface area contributed by atoms with Gasteiger partial charge in [0.15, 0.2) is 0 Å². The predicted molar refractivity (Wildman–Crippen MR) is 89.9 cm³/mol. The van der Waals surface area contributed by atoms with Gasteiger partial charge in [-0.1, -0.05) is 58.7 Å². The Labute approximate surface area is 128 Å². The summed E-state index contributed by atoms with van der Waals surface area (Å²) in [5.74, 6) is 1.76. The molecule has 2 saturated carbocycles. The zero-order valence-corrected chi connectivity index (χ0v) is 13.2. The van der Waals surface area contributed by atoms with Crippen LogP contribution in [-0.2, 0) is 0 Å². The molecule has 0 aliphatic heterocycles. The van der Waals surface area contributed by atoms with Crippen molar-refractivity contribution in [2.75, 3.05) is 0 Å². The molecule has 0 saturated heterocycles. The lowest BCUT2D eigenvalue weighted by molar-refractivity contribution is 0.271. The van der Waals surface area contributed by atoms with Gasteiger partial charge in [0.05, 0.1) is 0 Å². The predicted octanol–water partition coefficient (Wildman–Crippen LogP) is 5.82. The molecule has 4 aliphatic rings. The van der Waals surface area contributed by atoms with Crippen molar-refractivity contribution in [2.24, 2.45) is 11.8 Å². The molecule has 0 aromatic heterocycles. The van der Waals surface area contributed by atoms with Gasteiger partial charge in [0.25, 0.3) is 0 Å². The highest BCUT2D eigenvalue weighted by molar-refractivity contribution is 5.50. The Morgan fingerprint density at radius 1 is 0.667 bits per heavy atom. The second-order valence-electron chi connectivity index (χ2n) is 7.35. The number of fused-ring (bicyclic) bond motifs is 2. The Balaban J connectivity index is 1.59. The van der Waals surface area contributed by atoms with Gasteiger partial charge in [-0.2, -0.15) is 0 Å². The topological polar surface area (TPSA) is 0 Å². The average molecular weight is 276 g/mol. The van der Waals surface area contributed by atoms with Crippen LogP contribution < -0.4 is 0 Å². The third-order valence-electron chi connectivity index (χ3n) is 5.44. The molecule has 2 fully saturated rings. The maximum absolute atomic E-state index is 2.38. The Hall–Kier alpha value is -1.56. The molecule has 0 spiro atoms. The quantitative estimate of drug-likeness (QED) is 0.523. The summed E-state index contributed by atoms with van der Waals surface area (Å²) in [6.07, 6.45) is 20.7. The summed E-state index contributed by atoms with van der Waals surface area (Å²) < 4.78 is 0. The van der Waals surface area contributed by atoms with Crippen LogP contribution in [0.2, 0.25) is 0 Å². The van der Waals surface area contributed by atoms with E-state index in [1.54, 1.807) is 11.1 Å². The normalized spacial score (nSPS) is 31.1. The van der Waals surface area contributed by atoms with Gasteiger partial charge in [0.2, 0.25) is 0 Å². The number of allylic oxidation sites excluding steroid dienone is 12. The van der Waals surface area contributed by atoms with E-state index in [0.717, 1.165) is 11.8 Å². The second kappa shape index (κ2) is 5.02. The van der Waals surface area contributed by atoms with E-state index in [1.165, 1.54) is 54.4 Å². The van der Waals surface area contributed by atoms with E-state index in [9.17, 15) is 0 Å². The van der Waals surface area contributed by atoms with Gasteiger partial charge in [0, 0.05) is 0 Å². The first kappa shape index (κ1) is 13.1. The molecule has 0 aromatic rings. The van der Waals surface area contributed by atoms with E-state index >= 15 is 0 Å². The molecule has 0 nitrogen and oxygen atoms in total. The SMILES string of the molecule is CC1=CC(=C2CC3CC(=C4C=CC(C)=C4)CC(C2)C3)C=C1. The fraction of sp³-hybridized carbons (Fsp3) is 0.429. The first-order valence-electron chi connectivity index (χ1n) is 8.34. The minimum absolute atomic E-state index is 0.882. The van der Waals surface area contributed by atoms with E-state index in [4.69, 9.17) is 0 Å². The van der Waals surface area contributed by atoms with Crippen LogP contribution in [0.1, 0.15) is 46.0 Å². The van der Waals surface area contributed by atoms with Crippen molar-refractivity contribution in [3.63, 3.8) is 0 Å². The van der Waals surface area contributed by atoms with Crippen LogP contribution in [0.4, 0.5) is 0 Å². The monoisotopic (exact) mass is 276 g/mol. The lowest BCUT2D eigenvalue weighted by Crippen LogP contribution is -2.24. The van der Waals surface area contributed by atoms with Crippen molar-refractivity contribution in [3.8, 4) is 0 Å². The van der Waals surface area contributed by atoms with E-state index in [-0.39, 0.29) is 0 Å². The zero-order chi connectivity index (χ0) is 14.4. The highest BCUT2D eigenvalue weighted by Gasteiger charge is 2.32. The van der Waals surface area contributed by atoms with Crippen LogP contribution in [0.25, 0.3) is 0 Å². The minimum atomic E-state index is 0.882. The van der Waals surface area contributed by atoms with Gasteiger partial charge >= 0.3 is 0 Å². The average Bonchev–Trinajstić information content (AvgIpc) is 3.06. The Kier molecular flexibility index (Phi) is 3.14. The largest absolute Gasteiger partial charge is 0.0624 e. The molecule has 0 unspecified atom stereocenters. The summed E-state index contributed by atoms with van der Waals surface area (Å²) in [6, 6.07) is 0. The summed E-state index contributed by atoms with van der Waals surface area (Å²) in [7, 11) is 0. The lowest BCUT2D eigenvalue weighted by atomic mass is 9.67. The second-order valence-corrected chi connectivity index (χ2v) is 7.35. The first-order valence-corrected chi connectivity index (χ1v) is 8.34. The van der Waals surface area contributed by atoms with Crippen molar-refractivity contribution >= 4 is 0 Å². The Morgan fingerprint density at radius 2 is 1.10 bits per heavy atom. The minimum Gasteiger partial charge on any atom is -0.0624 e. The number of hydrogen-bond acceptors (Lipinski definition) is 0. The zero-order valence-electron chi connectivity index (χ0n) is 13.2. The van der Waals surface area contributed by atoms with E-state index in [0.29, 0.717) is 0 Å². The molecule has 0 heteroatoms. The molecule has 4 aliphatic carbocycles. The van der Waals surface area contributed by atoms with Gasteiger partial charge in [-0.15, -0.1) is 0 Å². The van der Waals surface area contributed by atoms with E-state index < -0.39 is 0 Å². The van der Waals surface area contributed by atoms with E-state index in [2.05, 4.69) is 50.3 Å². The van der Waals surface area contributed by atoms with Gasteiger partial charge in [-0.05, 0) is 68.9 Å². The summed E-state index contributed by atoms with van der Waals surface area (Å²) in [5, 5.41) is 0. The molecular weight excluding hydrogens is 252 g/mol. The van der Waals surface area contributed by atoms with Crippen molar-refractivity contribution in [3.05, 3.63) is 69.9 Å². The van der Waals surface area contributed by atoms with Crippen LogP contribution in [0.15, 0.2) is 69.9 Å². The van der Waals surface area contributed by atoms with Crippen molar-refractivity contribution in [2.45, 2.75) is 46.0 Å². The lowest BCUT2D eigenvalue weighted by Gasteiger charge is -2.38. The van der Waals surface area contributed by atoms with Crippen LogP contribution in [0, 0.1) is 11.8 Å². The third kappa shape index (κ3) is 2.52. The number of rotatable bonds is 0. The standard InChI is InChI=1S/C21H24/c1-14-3-5-18(7-14)20-10-16-9-17(11-20)13-21(12-16)19-6-4-15(2)8-19/h3-8,16-17H,9-13H2,1-2H3. The number of hydrogen-bond donors (Lipinski definition) is 0. The molecule has 0 N–H and O–H groups in total. The molecule has 21 heavy (non-hydrogen) atoms. The maximum atomic E-state index is 2.38. The molecule has 0 heterocycles. The maximum Gasteiger partial charge on any atom is -0.0262 e. The highest BCUT2D eigenvalue weighted by atomic mass is 14.4. The van der Waals surface area contributed by atoms with Gasteiger partial charge in [-0.25, -0.2) is 0 Å². The molecule has 4 rings (SSSR count). The Bertz CT molecular complexity index is 584. The fourth-order valence-electron chi connectivity index (χ4n) is 4.55. The summed E-state index contributed by atoms with van der Waals surface area (Å²) in [6.45, 7) is 4.41. The molecule has 0 amide bonds. The summed E-state index contributed by atoms with van der Waals surface area (Å²) in [5.41, 5.74) is 9.31. The van der Waals surface area contributed by atoms with Crippen LogP contribution in [0.5, 0.6) is 0 Å². The fourth-order valence-corrected chi connectivity index (χ4v) is 4.55. The van der Waals surface area contributed by atoms with Crippen molar-refractivity contribution in [1.82, 2.24) is 0 Å². The van der Waals surface area contributed by atoms with E-state index in [1.807, 2.05) is 0 Å². The Morgan fingerprint density at radius 3 is 1.43 bits per heavy atom. The molecular formula is C21H24. The molecule has 108 valence electrons. The van der Waals surface area contributed by atoms with Gasteiger partial charge in [0.1, 0.15) is 0 Å². The van der Waals surface area contributed by atoms with Crippen molar-refractivity contribution in [1.29, 1.82) is 0 Å². The summed E-state index contributed by atoms with van der Waals surface area (Å²) in [4.78, 5) is 0. The molecule has 0 aromatic carbocycles. The molecule has 2 bridgehead atoms. The van der Waals surface area contributed by atoms with Gasteiger partial charge < -0.3 is 0 Å². The van der Waals surface area contributed by atoms with Gasteiger partial charge in [-0.3, -0.25) is 0 Å².